The van der Waals surface area contributed by atoms with Crippen LogP contribution in [-0.2, 0) is 11.1 Å². The number of nitrogens with zero attached hydrogens (tertiary/aromatic N) is 2. The van der Waals surface area contributed by atoms with Crippen molar-refractivity contribution in [2.75, 3.05) is 18.0 Å². The lowest BCUT2D eigenvalue weighted by molar-refractivity contribution is -0.534. The zero-order valence-electron chi connectivity index (χ0n) is 18.4. The maximum absolute atomic E-state index is 12.6. The summed E-state index contributed by atoms with van der Waals surface area (Å²) in [6.07, 6.45) is 4.19. The highest BCUT2D eigenvalue weighted by molar-refractivity contribution is 5.97. The normalized spacial score (nSPS) is 22.0. The Balaban J connectivity index is 1.74. The zero-order valence-corrected chi connectivity index (χ0v) is 18.4. The SMILES string of the molecule is CC(C)(C)c1ccc(C2(O)C[N+]3=C(CCCCC3)N2c2ccc(OC(F)F)cc2)cc1. The fraction of sp³-hybridized carbons (Fsp3) is 0.480. The Morgan fingerprint density at radius 3 is 2.29 bits per heavy atom. The number of ether oxygens (including phenoxy) is 1. The number of amidine groups is 1. The molecule has 2 aliphatic heterocycles. The Kier molecular flexibility index (Phi) is 5.77. The molecule has 1 unspecified atom stereocenters. The third-order valence-electron chi connectivity index (χ3n) is 6.27. The van der Waals surface area contributed by atoms with Crippen LogP contribution < -0.4 is 9.64 Å². The molecule has 0 bridgehead atoms. The Labute approximate surface area is 182 Å². The first kappa shape index (κ1) is 21.8. The minimum Gasteiger partial charge on any atom is -0.435 e. The zero-order chi connectivity index (χ0) is 22.2. The molecule has 0 spiro atoms. The summed E-state index contributed by atoms with van der Waals surface area (Å²) < 4.78 is 31.9. The summed E-state index contributed by atoms with van der Waals surface area (Å²) in [5.41, 5.74) is 1.60. The van der Waals surface area contributed by atoms with Crippen molar-refractivity contribution in [3.05, 3.63) is 59.7 Å². The van der Waals surface area contributed by atoms with Crippen molar-refractivity contribution in [3.8, 4) is 5.75 Å². The number of benzene rings is 2. The molecule has 4 rings (SSSR count). The van der Waals surface area contributed by atoms with E-state index in [9.17, 15) is 13.9 Å². The van der Waals surface area contributed by atoms with Gasteiger partial charge in [-0.1, -0.05) is 45.0 Å². The van der Waals surface area contributed by atoms with E-state index < -0.39 is 12.3 Å². The van der Waals surface area contributed by atoms with E-state index in [2.05, 4.69) is 42.2 Å². The highest BCUT2D eigenvalue weighted by atomic mass is 19.3. The van der Waals surface area contributed by atoms with Crippen LogP contribution in [0.3, 0.4) is 0 Å². The average Bonchev–Trinajstić information content (AvgIpc) is 2.84. The van der Waals surface area contributed by atoms with Gasteiger partial charge in [-0.05, 0) is 54.5 Å². The van der Waals surface area contributed by atoms with Crippen molar-refractivity contribution >= 4 is 11.5 Å². The van der Waals surface area contributed by atoms with Crippen LogP contribution in [0, 0.1) is 0 Å². The van der Waals surface area contributed by atoms with E-state index in [1.807, 2.05) is 17.0 Å². The Morgan fingerprint density at radius 1 is 1.00 bits per heavy atom. The summed E-state index contributed by atoms with van der Waals surface area (Å²) in [6.45, 7) is 5.03. The Hall–Kier alpha value is -2.47. The molecule has 0 radical (unpaired) electrons. The van der Waals surface area contributed by atoms with E-state index in [1.54, 1.807) is 12.1 Å². The monoisotopic (exact) mass is 429 g/mol. The summed E-state index contributed by atoms with van der Waals surface area (Å²) in [7, 11) is 0. The van der Waals surface area contributed by atoms with Crippen molar-refractivity contribution in [1.29, 1.82) is 0 Å². The van der Waals surface area contributed by atoms with Crippen molar-refractivity contribution in [2.24, 2.45) is 0 Å². The molecule has 4 nitrogen and oxygen atoms in total. The smallest absolute Gasteiger partial charge is 0.387 e. The second-order valence-corrected chi connectivity index (χ2v) is 9.50. The highest BCUT2D eigenvalue weighted by Gasteiger charge is 2.54. The third-order valence-corrected chi connectivity index (χ3v) is 6.27. The number of hydrogen-bond acceptors (Lipinski definition) is 3. The van der Waals surface area contributed by atoms with Crippen LogP contribution >= 0.6 is 0 Å². The van der Waals surface area contributed by atoms with Gasteiger partial charge in [0, 0.05) is 12.0 Å². The summed E-state index contributed by atoms with van der Waals surface area (Å²) in [5.74, 6) is 1.20. The van der Waals surface area contributed by atoms with Crippen molar-refractivity contribution in [3.63, 3.8) is 0 Å². The van der Waals surface area contributed by atoms with E-state index in [4.69, 9.17) is 0 Å². The van der Waals surface area contributed by atoms with Gasteiger partial charge < -0.3 is 9.84 Å². The minimum atomic E-state index is -2.86. The van der Waals surface area contributed by atoms with Crippen LogP contribution in [0.1, 0.15) is 57.6 Å². The van der Waals surface area contributed by atoms with Crippen LogP contribution in [0.4, 0.5) is 14.5 Å². The van der Waals surface area contributed by atoms with Gasteiger partial charge in [-0.2, -0.15) is 13.7 Å². The standard InChI is InChI=1S/C25H31F2N2O2/c1-24(2,3)18-8-10-19(11-9-18)25(30)17-28-16-6-4-5-7-22(28)29(25)20-12-14-21(15-13-20)31-23(26)27/h8-15,23,30H,4-7,16-17H2,1-3H3/q+1. The number of halogens is 2. The number of rotatable bonds is 4. The van der Waals surface area contributed by atoms with Crippen LogP contribution in [0.15, 0.2) is 48.5 Å². The first-order valence-electron chi connectivity index (χ1n) is 11.0. The number of anilines is 1. The van der Waals surface area contributed by atoms with Crippen molar-refractivity contribution in [1.82, 2.24) is 0 Å². The van der Waals surface area contributed by atoms with Crippen LogP contribution in [0.25, 0.3) is 0 Å². The lowest BCUT2D eigenvalue weighted by atomic mass is 9.85. The number of aliphatic hydroxyl groups is 1. The molecule has 31 heavy (non-hydrogen) atoms. The van der Waals surface area contributed by atoms with Gasteiger partial charge in [0.05, 0.1) is 6.54 Å². The first-order valence-corrected chi connectivity index (χ1v) is 11.0. The van der Waals surface area contributed by atoms with E-state index in [0.29, 0.717) is 6.54 Å². The maximum Gasteiger partial charge on any atom is 0.387 e. The van der Waals surface area contributed by atoms with Crippen LogP contribution in [-0.4, -0.2) is 35.2 Å². The molecule has 0 aliphatic carbocycles. The average molecular weight is 430 g/mol. The molecule has 0 saturated carbocycles. The summed E-state index contributed by atoms with van der Waals surface area (Å²) in [5, 5.41) is 12.0. The first-order chi connectivity index (χ1) is 14.7. The number of alkyl halides is 2. The van der Waals surface area contributed by atoms with E-state index in [-0.39, 0.29) is 11.2 Å². The molecule has 0 fully saturated rings. The molecule has 0 saturated heterocycles. The van der Waals surface area contributed by atoms with Gasteiger partial charge in [0.25, 0.3) is 11.6 Å². The molecule has 0 amide bonds. The van der Waals surface area contributed by atoms with Gasteiger partial charge >= 0.3 is 6.61 Å². The molecule has 2 aromatic carbocycles. The molecule has 6 heteroatoms. The van der Waals surface area contributed by atoms with E-state index in [1.165, 1.54) is 17.7 Å². The lowest BCUT2D eigenvalue weighted by Gasteiger charge is -2.30. The van der Waals surface area contributed by atoms with Crippen molar-refractivity contribution < 1.29 is 23.2 Å². The largest absolute Gasteiger partial charge is 0.435 e. The minimum absolute atomic E-state index is 0.0290. The maximum atomic E-state index is 12.6. The topological polar surface area (TPSA) is 35.7 Å². The molecule has 2 aliphatic rings. The second kappa shape index (κ2) is 8.23. The lowest BCUT2D eigenvalue weighted by Crippen LogP contribution is -2.47. The highest BCUT2D eigenvalue weighted by Crippen LogP contribution is 2.39. The molecule has 2 heterocycles. The summed E-state index contributed by atoms with van der Waals surface area (Å²) >= 11 is 0. The molecular weight excluding hydrogens is 398 g/mol. The quantitative estimate of drug-likeness (QED) is 0.676. The van der Waals surface area contributed by atoms with Gasteiger partial charge in [-0.3, -0.25) is 4.58 Å². The third kappa shape index (κ3) is 4.31. The summed E-state index contributed by atoms with van der Waals surface area (Å²) in [6, 6.07) is 14.7. The van der Waals surface area contributed by atoms with Gasteiger partial charge in [-0.25, -0.2) is 0 Å². The van der Waals surface area contributed by atoms with Crippen molar-refractivity contribution in [2.45, 2.75) is 64.2 Å². The second-order valence-electron chi connectivity index (χ2n) is 9.50. The van der Waals surface area contributed by atoms with Crippen LogP contribution in [0.5, 0.6) is 5.75 Å². The van der Waals surface area contributed by atoms with Gasteiger partial charge in [0.1, 0.15) is 11.4 Å². The van der Waals surface area contributed by atoms with E-state index in [0.717, 1.165) is 49.3 Å². The van der Waals surface area contributed by atoms with Gasteiger partial charge in [0.2, 0.25) is 0 Å². The molecule has 2 aromatic rings. The molecule has 1 N–H and O–H groups in total. The molecule has 0 aromatic heterocycles. The van der Waals surface area contributed by atoms with Crippen LogP contribution in [0.2, 0.25) is 0 Å². The number of hydrogen-bond donors (Lipinski definition) is 1. The predicted octanol–water partition coefficient (Wildman–Crippen LogP) is 5.24. The fourth-order valence-corrected chi connectivity index (χ4v) is 4.62. The van der Waals surface area contributed by atoms with Gasteiger partial charge in [-0.15, -0.1) is 0 Å². The fourth-order valence-electron chi connectivity index (χ4n) is 4.62. The Bertz CT molecular complexity index is 949. The molecular formula is C25H31F2N2O2+. The van der Waals surface area contributed by atoms with E-state index >= 15 is 0 Å². The molecule has 1 atom stereocenters. The van der Waals surface area contributed by atoms with Gasteiger partial charge in [0.15, 0.2) is 6.54 Å². The predicted molar refractivity (Wildman–Crippen MR) is 118 cm³/mol. The summed E-state index contributed by atoms with van der Waals surface area (Å²) in [4.78, 5) is 1.98. The Morgan fingerprint density at radius 2 is 1.68 bits per heavy atom. The molecule has 166 valence electrons.